The molecule has 0 aromatic carbocycles. The average molecular weight is 201 g/mol. The minimum absolute atomic E-state index is 0.0395. The van der Waals surface area contributed by atoms with Gasteiger partial charge in [0.2, 0.25) is 5.91 Å². The Morgan fingerprint density at radius 3 is 2.43 bits per heavy atom. The zero-order valence-electron chi connectivity index (χ0n) is 8.71. The first-order chi connectivity index (χ1) is 6.66. The van der Waals surface area contributed by atoms with Crippen LogP contribution in [0.5, 0.6) is 0 Å². The van der Waals surface area contributed by atoms with Crippen molar-refractivity contribution in [1.29, 1.82) is 0 Å². The lowest BCUT2D eigenvalue weighted by atomic mass is 10.2. The summed E-state index contributed by atoms with van der Waals surface area (Å²) < 4.78 is 0. The Morgan fingerprint density at radius 1 is 1.14 bits per heavy atom. The highest BCUT2D eigenvalue weighted by Gasteiger charge is 2.02. The van der Waals surface area contributed by atoms with Crippen molar-refractivity contribution in [2.24, 2.45) is 0 Å². The highest BCUT2D eigenvalue weighted by Crippen LogP contribution is 1.96. The third-order valence-corrected chi connectivity index (χ3v) is 1.90. The maximum Gasteiger partial charge on any atom is 0.303 e. The number of carboxylic acids is 1. The van der Waals surface area contributed by atoms with Gasteiger partial charge in [-0.2, -0.15) is 0 Å². The number of carbonyl (C=O) groups excluding carboxylic acids is 1. The molecule has 0 saturated heterocycles. The molecule has 0 unspecified atom stereocenters. The Labute approximate surface area is 84.7 Å². The third-order valence-electron chi connectivity index (χ3n) is 1.90. The van der Waals surface area contributed by atoms with Gasteiger partial charge >= 0.3 is 5.97 Å². The van der Waals surface area contributed by atoms with E-state index in [0.717, 1.165) is 19.3 Å². The maximum atomic E-state index is 11.1. The SMILES string of the molecule is CCCCCNC(=O)CCCC(=O)O. The van der Waals surface area contributed by atoms with Crippen molar-refractivity contribution >= 4 is 11.9 Å². The Hall–Kier alpha value is -1.06. The topological polar surface area (TPSA) is 66.4 Å². The second kappa shape index (κ2) is 8.53. The minimum atomic E-state index is -0.844. The van der Waals surface area contributed by atoms with E-state index >= 15 is 0 Å². The molecule has 0 aromatic heterocycles. The van der Waals surface area contributed by atoms with Gasteiger partial charge in [0.05, 0.1) is 0 Å². The minimum Gasteiger partial charge on any atom is -0.481 e. The van der Waals surface area contributed by atoms with E-state index in [1.54, 1.807) is 0 Å². The fraction of sp³-hybridized carbons (Fsp3) is 0.800. The Bertz CT molecular complexity index is 180. The van der Waals surface area contributed by atoms with Crippen LogP contribution in [0.25, 0.3) is 0 Å². The quantitative estimate of drug-likeness (QED) is 0.585. The lowest BCUT2D eigenvalue weighted by molar-refractivity contribution is -0.137. The predicted molar refractivity (Wildman–Crippen MR) is 54.0 cm³/mol. The molecule has 1 amide bonds. The monoisotopic (exact) mass is 201 g/mol. The summed E-state index contributed by atoms with van der Waals surface area (Å²) in [5.41, 5.74) is 0. The predicted octanol–water partition coefficient (Wildman–Crippen LogP) is 1.55. The van der Waals surface area contributed by atoms with Gasteiger partial charge in [0, 0.05) is 19.4 Å². The van der Waals surface area contributed by atoms with E-state index in [-0.39, 0.29) is 12.3 Å². The fourth-order valence-corrected chi connectivity index (χ4v) is 1.09. The molecular weight excluding hydrogens is 182 g/mol. The van der Waals surface area contributed by atoms with Gasteiger partial charge in [-0.1, -0.05) is 19.8 Å². The lowest BCUT2D eigenvalue weighted by Crippen LogP contribution is -2.24. The van der Waals surface area contributed by atoms with Crippen molar-refractivity contribution in [3.05, 3.63) is 0 Å². The molecule has 0 aromatic rings. The highest BCUT2D eigenvalue weighted by molar-refractivity contribution is 5.76. The van der Waals surface area contributed by atoms with Crippen LogP contribution < -0.4 is 5.32 Å². The third kappa shape index (κ3) is 9.03. The highest BCUT2D eigenvalue weighted by atomic mass is 16.4. The molecule has 0 aliphatic heterocycles. The van der Waals surface area contributed by atoms with Crippen LogP contribution in [0.15, 0.2) is 0 Å². The standard InChI is InChI=1S/C10H19NO3/c1-2-3-4-8-11-9(12)6-5-7-10(13)14/h2-8H2,1H3,(H,11,12)(H,13,14). The molecular formula is C10H19NO3. The van der Waals surface area contributed by atoms with Crippen LogP contribution in [0.1, 0.15) is 45.4 Å². The van der Waals surface area contributed by atoms with Gasteiger partial charge in [0.25, 0.3) is 0 Å². The number of carbonyl (C=O) groups is 2. The number of aliphatic carboxylic acids is 1. The fourth-order valence-electron chi connectivity index (χ4n) is 1.09. The number of hydrogen-bond acceptors (Lipinski definition) is 2. The van der Waals surface area contributed by atoms with Gasteiger partial charge in [-0.25, -0.2) is 0 Å². The van der Waals surface area contributed by atoms with Crippen LogP contribution in [-0.2, 0) is 9.59 Å². The van der Waals surface area contributed by atoms with E-state index in [1.807, 2.05) is 0 Å². The summed E-state index contributed by atoms with van der Waals surface area (Å²) in [4.78, 5) is 21.2. The summed E-state index contributed by atoms with van der Waals surface area (Å²) in [6.07, 6.45) is 4.07. The summed E-state index contributed by atoms with van der Waals surface area (Å²) in [6.45, 7) is 2.81. The molecule has 0 rings (SSSR count). The second-order valence-corrected chi connectivity index (χ2v) is 3.30. The Balaban J connectivity index is 3.24. The first kappa shape index (κ1) is 12.9. The molecule has 14 heavy (non-hydrogen) atoms. The molecule has 0 aliphatic carbocycles. The van der Waals surface area contributed by atoms with Crippen LogP contribution in [0.3, 0.4) is 0 Å². The van der Waals surface area contributed by atoms with E-state index in [4.69, 9.17) is 5.11 Å². The molecule has 0 radical (unpaired) electrons. The van der Waals surface area contributed by atoms with Crippen LogP contribution >= 0.6 is 0 Å². The molecule has 0 spiro atoms. The van der Waals surface area contributed by atoms with Crippen LogP contribution in [0, 0.1) is 0 Å². The van der Waals surface area contributed by atoms with E-state index < -0.39 is 5.97 Å². The van der Waals surface area contributed by atoms with Crippen molar-refractivity contribution in [2.45, 2.75) is 45.4 Å². The number of amides is 1. The molecule has 4 nitrogen and oxygen atoms in total. The summed E-state index contributed by atoms with van der Waals surface area (Å²) >= 11 is 0. The molecule has 0 aliphatic rings. The summed E-state index contributed by atoms with van der Waals surface area (Å²) in [5.74, 6) is -0.883. The molecule has 4 heteroatoms. The van der Waals surface area contributed by atoms with Crippen molar-refractivity contribution in [2.75, 3.05) is 6.54 Å². The first-order valence-corrected chi connectivity index (χ1v) is 5.15. The summed E-state index contributed by atoms with van der Waals surface area (Å²) in [7, 11) is 0. The zero-order chi connectivity index (χ0) is 10.8. The number of nitrogens with one attached hydrogen (secondary N) is 1. The van der Waals surface area contributed by atoms with Crippen LogP contribution in [0.4, 0.5) is 0 Å². The average Bonchev–Trinajstić information content (AvgIpc) is 2.12. The summed E-state index contributed by atoms with van der Waals surface area (Å²) in [6, 6.07) is 0. The molecule has 0 atom stereocenters. The van der Waals surface area contributed by atoms with E-state index in [1.165, 1.54) is 0 Å². The maximum absolute atomic E-state index is 11.1. The zero-order valence-corrected chi connectivity index (χ0v) is 8.71. The van der Waals surface area contributed by atoms with E-state index in [0.29, 0.717) is 19.4 Å². The smallest absolute Gasteiger partial charge is 0.303 e. The van der Waals surface area contributed by atoms with Crippen LogP contribution in [0.2, 0.25) is 0 Å². The second-order valence-electron chi connectivity index (χ2n) is 3.30. The molecule has 82 valence electrons. The number of carboxylic acid groups (broad SMARTS) is 1. The number of hydrogen-bond donors (Lipinski definition) is 2. The lowest BCUT2D eigenvalue weighted by Gasteiger charge is -2.03. The van der Waals surface area contributed by atoms with Gasteiger partial charge in [0.1, 0.15) is 0 Å². The van der Waals surface area contributed by atoms with Gasteiger partial charge in [0.15, 0.2) is 0 Å². The molecule has 2 N–H and O–H groups in total. The normalized spacial score (nSPS) is 9.79. The summed E-state index contributed by atoms with van der Waals surface area (Å²) in [5, 5.41) is 11.1. The number of rotatable bonds is 8. The van der Waals surface area contributed by atoms with Crippen molar-refractivity contribution in [1.82, 2.24) is 5.32 Å². The van der Waals surface area contributed by atoms with Gasteiger partial charge in [-0.3, -0.25) is 9.59 Å². The molecule has 0 heterocycles. The van der Waals surface area contributed by atoms with E-state index in [2.05, 4.69) is 12.2 Å². The Morgan fingerprint density at radius 2 is 1.86 bits per heavy atom. The molecule has 0 bridgehead atoms. The molecule has 0 saturated carbocycles. The number of unbranched alkanes of at least 4 members (excludes halogenated alkanes) is 2. The largest absolute Gasteiger partial charge is 0.481 e. The van der Waals surface area contributed by atoms with Crippen molar-refractivity contribution in [3.63, 3.8) is 0 Å². The van der Waals surface area contributed by atoms with Gasteiger partial charge in [-0.15, -0.1) is 0 Å². The van der Waals surface area contributed by atoms with Crippen molar-refractivity contribution < 1.29 is 14.7 Å². The molecule has 0 fully saturated rings. The van der Waals surface area contributed by atoms with Crippen LogP contribution in [-0.4, -0.2) is 23.5 Å². The van der Waals surface area contributed by atoms with Gasteiger partial charge < -0.3 is 10.4 Å². The van der Waals surface area contributed by atoms with E-state index in [9.17, 15) is 9.59 Å². The van der Waals surface area contributed by atoms with Crippen molar-refractivity contribution in [3.8, 4) is 0 Å². The Kier molecular flexibility index (Phi) is 7.89. The first-order valence-electron chi connectivity index (χ1n) is 5.15. The van der Waals surface area contributed by atoms with Gasteiger partial charge in [-0.05, 0) is 12.8 Å².